The lowest BCUT2D eigenvalue weighted by Gasteiger charge is -2.26. The lowest BCUT2D eigenvalue weighted by Crippen LogP contribution is -2.34. The van der Waals surface area contributed by atoms with Crippen molar-refractivity contribution in [2.75, 3.05) is 26.7 Å². The molecule has 4 nitrogen and oxygen atoms in total. The van der Waals surface area contributed by atoms with Crippen molar-refractivity contribution in [3.8, 4) is 0 Å². The third kappa shape index (κ3) is 3.32. The fourth-order valence-corrected chi connectivity index (χ4v) is 2.32. The normalized spacial score (nSPS) is 22.2. The molecule has 2 heterocycles. The van der Waals surface area contributed by atoms with Crippen molar-refractivity contribution in [2.24, 2.45) is 0 Å². The number of nitrogens with zero attached hydrogens (tertiary/aromatic N) is 3. The van der Waals surface area contributed by atoms with Crippen LogP contribution in [-0.2, 0) is 6.54 Å². The van der Waals surface area contributed by atoms with E-state index in [2.05, 4.69) is 22.4 Å². The highest BCUT2D eigenvalue weighted by molar-refractivity contribution is 4.79. The predicted molar refractivity (Wildman–Crippen MR) is 65.4 cm³/mol. The Morgan fingerprint density at radius 1 is 1.44 bits per heavy atom. The molecule has 1 atom stereocenters. The summed E-state index contributed by atoms with van der Waals surface area (Å²) in [5, 5.41) is 7.69. The van der Waals surface area contributed by atoms with Gasteiger partial charge in [-0.05, 0) is 45.5 Å². The van der Waals surface area contributed by atoms with Crippen molar-refractivity contribution in [2.45, 2.75) is 31.8 Å². The van der Waals surface area contributed by atoms with Crippen LogP contribution in [-0.4, -0.2) is 47.4 Å². The molecule has 90 valence electrons. The minimum absolute atomic E-state index is 0.741. The summed E-state index contributed by atoms with van der Waals surface area (Å²) in [7, 11) is 2.24. The van der Waals surface area contributed by atoms with Gasteiger partial charge in [0.15, 0.2) is 0 Å². The molecule has 2 rings (SSSR count). The van der Waals surface area contributed by atoms with Crippen molar-refractivity contribution >= 4 is 0 Å². The van der Waals surface area contributed by atoms with Gasteiger partial charge >= 0.3 is 0 Å². The van der Waals surface area contributed by atoms with Gasteiger partial charge in [-0.1, -0.05) is 0 Å². The quantitative estimate of drug-likeness (QED) is 0.823. The summed E-state index contributed by atoms with van der Waals surface area (Å²) in [4.78, 5) is 2.48. The summed E-state index contributed by atoms with van der Waals surface area (Å²) in [6, 6.07) is 2.72. The molecule has 1 unspecified atom stereocenters. The lowest BCUT2D eigenvalue weighted by atomic mass is 10.1. The molecule has 1 aromatic rings. The zero-order valence-corrected chi connectivity index (χ0v) is 10.1. The highest BCUT2D eigenvalue weighted by Crippen LogP contribution is 2.11. The molecule has 1 N–H and O–H groups in total. The van der Waals surface area contributed by atoms with Crippen LogP contribution in [0.25, 0.3) is 0 Å². The summed E-state index contributed by atoms with van der Waals surface area (Å²) in [5.74, 6) is 0. The first-order valence-corrected chi connectivity index (χ1v) is 6.24. The predicted octanol–water partition coefficient (Wildman–Crippen LogP) is 0.957. The molecule has 1 saturated heterocycles. The number of likely N-dealkylation sites (N-methyl/N-ethyl adjacent to an activating group) is 1. The summed E-state index contributed by atoms with van der Waals surface area (Å²) in [6.07, 6.45) is 7.77. The summed E-state index contributed by atoms with van der Waals surface area (Å²) >= 11 is 0. The topological polar surface area (TPSA) is 33.1 Å². The average Bonchev–Trinajstić information content (AvgIpc) is 2.66. The van der Waals surface area contributed by atoms with Crippen molar-refractivity contribution in [1.82, 2.24) is 20.0 Å². The van der Waals surface area contributed by atoms with E-state index in [-0.39, 0.29) is 0 Å². The van der Waals surface area contributed by atoms with Crippen LogP contribution in [0.1, 0.15) is 19.3 Å². The molecule has 1 fully saturated rings. The van der Waals surface area contributed by atoms with Gasteiger partial charge in [-0.2, -0.15) is 5.10 Å². The zero-order valence-electron chi connectivity index (χ0n) is 10.1. The minimum atomic E-state index is 0.741. The van der Waals surface area contributed by atoms with E-state index < -0.39 is 0 Å². The van der Waals surface area contributed by atoms with Crippen molar-refractivity contribution in [1.29, 1.82) is 0 Å². The van der Waals surface area contributed by atoms with E-state index in [9.17, 15) is 0 Å². The minimum Gasteiger partial charge on any atom is -0.317 e. The third-order valence-electron chi connectivity index (χ3n) is 3.41. The van der Waals surface area contributed by atoms with Crippen LogP contribution in [0.3, 0.4) is 0 Å². The molecule has 0 spiro atoms. The van der Waals surface area contributed by atoms with Crippen molar-refractivity contribution in [3.63, 3.8) is 0 Å². The SMILES string of the molecule is CN(CCn1cccn1)C1CCCNCC1. The summed E-state index contributed by atoms with van der Waals surface area (Å²) in [5.41, 5.74) is 0. The monoisotopic (exact) mass is 222 g/mol. The molecule has 1 aliphatic heterocycles. The van der Waals surface area contributed by atoms with E-state index in [1.807, 2.05) is 23.1 Å². The van der Waals surface area contributed by atoms with Gasteiger partial charge in [-0.3, -0.25) is 4.68 Å². The Kier molecular flexibility index (Phi) is 4.36. The van der Waals surface area contributed by atoms with Crippen molar-refractivity contribution < 1.29 is 0 Å². The second-order valence-electron chi connectivity index (χ2n) is 4.58. The van der Waals surface area contributed by atoms with E-state index >= 15 is 0 Å². The lowest BCUT2D eigenvalue weighted by molar-refractivity contribution is 0.214. The van der Waals surface area contributed by atoms with E-state index in [0.717, 1.165) is 25.7 Å². The number of aromatic nitrogens is 2. The van der Waals surface area contributed by atoms with Gasteiger partial charge in [-0.25, -0.2) is 0 Å². The molecule has 0 aromatic carbocycles. The first-order valence-electron chi connectivity index (χ1n) is 6.24. The Labute approximate surface area is 97.6 Å². The zero-order chi connectivity index (χ0) is 11.2. The van der Waals surface area contributed by atoms with E-state index in [4.69, 9.17) is 0 Å². The Hall–Kier alpha value is -0.870. The molecule has 0 radical (unpaired) electrons. The maximum Gasteiger partial charge on any atom is 0.0536 e. The smallest absolute Gasteiger partial charge is 0.0536 e. The van der Waals surface area contributed by atoms with E-state index in [0.29, 0.717) is 0 Å². The highest BCUT2D eigenvalue weighted by Gasteiger charge is 2.16. The van der Waals surface area contributed by atoms with E-state index in [1.165, 1.54) is 25.8 Å². The Morgan fingerprint density at radius 2 is 2.38 bits per heavy atom. The molecule has 0 aliphatic carbocycles. The molecule has 0 saturated carbocycles. The molecule has 0 bridgehead atoms. The van der Waals surface area contributed by atoms with Crippen LogP contribution in [0.4, 0.5) is 0 Å². The van der Waals surface area contributed by atoms with Crippen LogP contribution < -0.4 is 5.32 Å². The second kappa shape index (κ2) is 6.01. The number of nitrogens with one attached hydrogen (secondary N) is 1. The third-order valence-corrected chi connectivity index (χ3v) is 3.41. The molecule has 4 heteroatoms. The first-order chi connectivity index (χ1) is 7.86. The Bertz CT molecular complexity index is 275. The largest absolute Gasteiger partial charge is 0.317 e. The molecule has 0 amide bonds. The molecule has 1 aromatic heterocycles. The standard InChI is InChI=1S/C12H22N4/c1-15(10-11-16-9-3-7-14-16)12-4-2-6-13-8-5-12/h3,7,9,12-13H,2,4-6,8,10-11H2,1H3. The highest BCUT2D eigenvalue weighted by atomic mass is 15.3. The van der Waals surface area contributed by atoms with Gasteiger partial charge in [-0.15, -0.1) is 0 Å². The maximum atomic E-state index is 4.23. The Balaban J connectivity index is 1.75. The van der Waals surface area contributed by atoms with Gasteiger partial charge in [0, 0.05) is 25.0 Å². The fourth-order valence-electron chi connectivity index (χ4n) is 2.32. The van der Waals surface area contributed by atoms with Crippen LogP contribution >= 0.6 is 0 Å². The number of hydrogen-bond donors (Lipinski definition) is 1. The van der Waals surface area contributed by atoms with Gasteiger partial charge in [0.2, 0.25) is 0 Å². The molecular weight excluding hydrogens is 200 g/mol. The molecule has 1 aliphatic rings. The van der Waals surface area contributed by atoms with Gasteiger partial charge in [0.05, 0.1) is 6.54 Å². The number of rotatable bonds is 4. The average molecular weight is 222 g/mol. The van der Waals surface area contributed by atoms with Gasteiger partial charge < -0.3 is 10.2 Å². The van der Waals surface area contributed by atoms with Crippen LogP contribution in [0.5, 0.6) is 0 Å². The summed E-state index contributed by atoms with van der Waals surface area (Å²) in [6.45, 7) is 4.43. The fraction of sp³-hybridized carbons (Fsp3) is 0.750. The second-order valence-corrected chi connectivity index (χ2v) is 4.58. The van der Waals surface area contributed by atoms with Crippen LogP contribution in [0.15, 0.2) is 18.5 Å². The van der Waals surface area contributed by atoms with Crippen LogP contribution in [0, 0.1) is 0 Å². The van der Waals surface area contributed by atoms with E-state index in [1.54, 1.807) is 0 Å². The van der Waals surface area contributed by atoms with Gasteiger partial charge in [0.25, 0.3) is 0 Å². The van der Waals surface area contributed by atoms with Crippen LogP contribution in [0.2, 0.25) is 0 Å². The molecule has 16 heavy (non-hydrogen) atoms. The number of hydrogen-bond acceptors (Lipinski definition) is 3. The summed E-state index contributed by atoms with van der Waals surface area (Å²) < 4.78 is 2.01. The van der Waals surface area contributed by atoms with Gasteiger partial charge in [0.1, 0.15) is 0 Å². The Morgan fingerprint density at radius 3 is 3.19 bits per heavy atom. The maximum absolute atomic E-state index is 4.23. The first kappa shape index (κ1) is 11.6. The van der Waals surface area contributed by atoms with Crippen molar-refractivity contribution in [3.05, 3.63) is 18.5 Å². The molecular formula is C12H22N4.